The topological polar surface area (TPSA) is 171 Å². The van der Waals surface area contributed by atoms with Crippen molar-refractivity contribution in [1.82, 2.24) is 30.0 Å². The van der Waals surface area contributed by atoms with Gasteiger partial charge < -0.3 is 33.8 Å². The number of halogens is 1. The van der Waals surface area contributed by atoms with Crippen molar-refractivity contribution in [1.29, 1.82) is 5.26 Å². The van der Waals surface area contributed by atoms with E-state index in [1.54, 1.807) is 7.11 Å². The lowest BCUT2D eigenvalue weighted by molar-refractivity contribution is -0.0178. The molecular weight excluding hydrogens is 814 g/mol. The quantitative estimate of drug-likeness (QED) is 0.162. The first-order valence-corrected chi connectivity index (χ1v) is 23.5. The number of fused-ring (bicyclic) bond motifs is 1. The van der Waals surface area contributed by atoms with Gasteiger partial charge in [0.15, 0.2) is 5.60 Å². The van der Waals surface area contributed by atoms with Gasteiger partial charge in [0.2, 0.25) is 17.6 Å². The Labute approximate surface area is 361 Å². The maximum Gasteiger partial charge on any atom is 0.322 e. The average molecular weight is 868 g/mol. The molecule has 5 atom stereocenters. The molecule has 2 aliphatic heterocycles. The van der Waals surface area contributed by atoms with Gasteiger partial charge in [0.1, 0.15) is 23.3 Å². The first kappa shape index (κ1) is 42.8. The Balaban J connectivity index is 1.20. The molecule has 0 saturated carbocycles. The highest BCUT2D eigenvalue weighted by molar-refractivity contribution is 7.16. The second kappa shape index (κ2) is 16.8. The van der Waals surface area contributed by atoms with E-state index in [0.717, 1.165) is 28.1 Å². The highest BCUT2D eigenvalue weighted by atomic mass is 32.1. The van der Waals surface area contributed by atoms with Crippen molar-refractivity contribution < 1.29 is 27.6 Å². The summed E-state index contributed by atoms with van der Waals surface area (Å²) in [7, 11) is 0.424. The number of nitrogens with two attached hydrogens (primary N) is 1. The van der Waals surface area contributed by atoms with Gasteiger partial charge in [0.05, 0.1) is 30.9 Å². The van der Waals surface area contributed by atoms with Crippen LogP contribution < -0.4 is 25.7 Å². The summed E-state index contributed by atoms with van der Waals surface area (Å²) in [6.07, 6.45) is 0.928. The van der Waals surface area contributed by atoms with Crippen LogP contribution in [0.4, 0.5) is 15.3 Å². The predicted molar refractivity (Wildman–Crippen MR) is 233 cm³/mol. The molecule has 0 amide bonds. The zero-order chi connectivity index (χ0) is 43.2. The third-order valence-electron chi connectivity index (χ3n) is 12.3. The zero-order valence-electron chi connectivity index (χ0n) is 35.9. The van der Waals surface area contributed by atoms with Gasteiger partial charge in [-0.15, -0.1) is 11.3 Å². The molecule has 61 heavy (non-hydrogen) atoms. The maximum absolute atomic E-state index is 14.6. The van der Waals surface area contributed by atoms with E-state index >= 15 is 0 Å². The summed E-state index contributed by atoms with van der Waals surface area (Å²) in [5.41, 5.74) is 5.30. The average Bonchev–Trinajstić information content (AvgIpc) is 3.93. The Hall–Kier alpha value is -4.83. The number of nitriles is 1. The monoisotopic (exact) mass is 867 g/mol. The van der Waals surface area contributed by atoms with Crippen molar-refractivity contribution in [3.8, 4) is 23.7 Å². The van der Waals surface area contributed by atoms with Crippen LogP contribution in [0.2, 0.25) is 5.04 Å². The van der Waals surface area contributed by atoms with Crippen molar-refractivity contribution in [3.05, 3.63) is 82.6 Å². The summed E-state index contributed by atoms with van der Waals surface area (Å²) < 4.78 is 47.3. The van der Waals surface area contributed by atoms with Gasteiger partial charge in [-0.3, -0.25) is 4.90 Å². The molecule has 2 fully saturated rings. The number of anilines is 2. The summed E-state index contributed by atoms with van der Waals surface area (Å²) in [4.78, 5) is 24.4. The highest BCUT2D eigenvalue weighted by Gasteiger charge is 2.54. The molecule has 0 bridgehead atoms. The Morgan fingerprint density at radius 3 is 2.38 bits per heavy atom. The van der Waals surface area contributed by atoms with Crippen LogP contribution in [0.3, 0.4) is 0 Å². The van der Waals surface area contributed by atoms with E-state index in [9.17, 15) is 9.65 Å². The summed E-state index contributed by atoms with van der Waals surface area (Å²) >= 11 is 1.38. The molecule has 1 aliphatic carbocycles. The van der Waals surface area contributed by atoms with E-state index in [1.807, 2.05) is 35.9 Å². The first-order chi connectivity index (χ1) is 29.2. The van der Waals surface area contributed by atoms with Crippen LogP contribution >= 0.6 is 11.3 Å². The third-order valence-corrected chi connectivity index (χ3v) is 18.6. The fraction of sp³-hybridized carbons (Fsp3) is 0.500. The number of hydrogen-bond acceptors (Lipinski definition) is 15. The van der Waals surface area contributed by atoms with Gasteiger partial charge in [-0.1, -0.05) is 86.6 Å². The summed E-state index contributed by atoms with van der Waals surface area (Å²) in [6, 6.07) is 23.2. The number of methoxy groups -OCH3 is 1. The molecule has 5 aromatic rings. The van der Waals surface area contributed by atoms with Crippen molar-refractivity contribution in [2.75, 3.05) is 57.6 Å². The molecule has 3 aliphatic rings. The minimum Gasteiger partial charge on any atom is -0.459 e. The number of aromatic nitrogens is 5. The lowest BCUT2D eigenvalue weighted by Gasteiger charge is -2.48. The van der Waals surface area contributed by atoms with Crippen LogP contribution in [-0.4, -0.2) is 109 Å². The van der Waals surface area contributed by atoms with Crippen molar-refractivity contribution in [3.63, 3.8) is 0 Å². The van der Waals surface area contributed by atoms with Crippen LogP contribution in [-0.2, 0) is 25.9 Å². The fourth-order valence-corrected chi connectivity index (χ4v) is 15.4. The lowest BCUT2D eigenvalue weighted by atomic mass is 9.80. The van der Waals surface area contributed by atoms with Gasteiger partial charge >= 0.3 is 6.01 Å². The molecule has 0 radical (unpaired) electrons. The molecule has 14 nitrogen and oxygen atoms in total. The number of hydrogen-bond donors (Lipinski definition) is 1. The van der Waals surface area contributed by atoms with E-state index in [1.165, 1.54) is 11.3 Å². The van der Waals surface area contributed by atoms with Crippen LogP contribution in [0.25, 0.3) is 11.6 Å². The molecule has 2 aromatic carbocycles. The number of ether oxygens (including phenoxy) is 3. The second-order valence-electron chi connectivity index (χ2n) is 17.7. The number of nitrogens with zero attached hydrogens (tertiary/aromatic N) is 8. The van der Waals surface area contributed by atoms with Crippen LogP contribution in [0.5, 0.6) is 6.01 Å². The Morgan fingerprint density at radius 1 is 1.05 bits per heavy atom. The highest BCUT2D eigenvalue weighted by Crippen LogP contribution is 2.49. The summed E-state index contributed by atoms with van der Waals surface area (Å²) in [6.45, 7) is 12.6. The Morgan fingerprint density at radius 2 is 1.75 bits per heavy atom. The number of benzene rings is 2. The summed E-state index contributed by atoms with van der Waals surface area (Å²) in [5.74, 6) is 0.663. The number of aryl methyl sites for hydroxylation is 1. The number of rotatable bonds is 11. The van der Waals surface area contributed by atoms with Gasteiger partial charge in [-0.25, -0.2) is 4.39 Å². The lowest BCUT2D eigenvalue weighted by Crippen LogP contribution is -2.70. The molecular formula is C44H54FN9O5SSi. The molecule has 2 N–H and O–H groups in total. The van der Waals surface area contributed by atoms with Gasteiger partial charge in [0.25, 0.3) is 14.2 Å². The minimum absolute atomic E-state index is 0.0353. The van der Waals surface area contributed by atoms with Crippen molar-refractivity contribution in [2.45, 2.75) is 94.9 Å². The summed E-state index contributed by atoms with van der Waals surface area (Å²) in [5, 5.41) is 17.0. The van der Waals surface area contributed by atoms with Crippen LogP contribution in [0.15, 0.2) is 65.2 Å². The molecule has 5 heterocycles. The van der Waals surface area contributed by atoms with Crippen LogP contribution in [0.1, 0.15) is 75.8 Å². The first-order valence-electron chi connectivity index (χ1n) is 20.8. The molecule has 3 aromatic heterocycles. The minimum atomic E-state index is -3.03. The number of likely N-dealkylation sites (tertiary alicyclic amines) is 1. The fourth-order valence-electron chi connectivity index (χ4n) is 9.46. The SMILES string of the molecule is CO[C@]1(c2nc(-c3nc(O[C@@H](C)[C@@H]4C[C@@H](F)CN4C)nc(N4CCOC[C@@](C)(O[Si](c5ccccc5)(c5ccccc5)C(C)(C)C)C4)n3)no2)CCCc2sc(N)c(C#N)c21. The van der Waals surface area contributed by atoms with Gasteiger partial charge in [-0.05, 0) is 62.0 Å². The largest absolute Gasteiger partial charge is 0.459 e. The second-order valence-corrected chi connectivity index (χ2v) is 23.0. The van der Waals surface area contributed by atoms with E-state index in [0.29, 0.717) is 67.8 Å². The standard InChI is InChI=1S/C44H54FN9O5SSi/c1-28(33-23-29(45)25-53(33)6)57-41-50-37(38-48-39(58-52-38)44(55-7)20-14-19-34-35(44)32(24-46)36(47)60-34)49-40(51-41)54-21-22-56-27-43(5,26-54)59-61(42(2,3)4,30-15-10-8-11-16-30)31-17-12-9-13-18-31/h8-13,15-18,28-29,33H,14,19-23,25-27,47H2,1-7H3/t28-,29+,33-,43-,44+/m0/s1. The number of nitrogen functional groups attached to an aromatic ring is 1. The number of alkyl halides is 1. The van der Waals surface area contributed by atoms with Crippen LogP contribution in [0, 0.1) is 11.3 Å². The molecule has 8 rings (SSSR count). The Bertz CT molecular complexity index is 2340. The Kier molecular flexibility index (Phi) is 11.8. The molecule has 0 unspecified atom stereocenters. The molecule has 0 spiro atoms. The predicted octanol–water partition coefficient (Wildman–Crippen LogP) is 5.64. The molecule has 322 valence electrons. The van der Waals surface area contributed by atoms with Gasteiger partial charge in [-0.2, -0.15) is 25.2 Å². The smallest absolute Gasteiger partial charge is 0.322 e. The zero-order valence-corrected chi connectivity index (χ0v) is 37.7. The van der Waals surface area contributed by atoms with Crippen molar-refractivity contribution in [2.24, 2.45) is 0 Å². The normalized spacial score (nSPS) is 24.2. The van der Waals surface area contributed by atoms with Gasteiger partial charge in [0, 0.05) is 36.7 Å². The number of likely N-dealkylation sites (N-methyl/N-ethyl adjacent to an activating group) is 1. The molecule has 2 saturated heterocycles. The van der Waals surface area contributed by atoms with Crippen molar-refractivity contribution >= 4 is 41.0 Å². The van der Waals surface area contributed by atoms with E-state index in [-0.39, 0.29) is 34.6 Å². The van der Waals surface area contributed by atoms with E-state index in [2.05, 4.69) is 87.5 Å². The maximum atomic E-state index is 14.6. The number of thiophene rings is 1. The molecule has 17 heteroatoms. The van der Waals surface area contributed by atoms with E-state index in [4.69, 9.17) is 48.8 Å². The van der Waals surface area contributed by atoms with E-state index < -0.39 is 31.8 Å². The third kappa shape index (κ3) is 7.94.